The van der Waals surface area contributed by atoms with Crippen LogP contribution in [0, 0.1) is 13.8 Å². The maximum atomic E-state index is 13.2. The minimum atomic E-state index is -1.30. The molecule has 0 saturated carbocycles. The molecule has 0 fully saturated rings. The SMILES string of the molecule is CCC(O)(CC)CCc1ccc(C(CC)(CC)c2ccc(C(=O)N(C)C(C)(C)C(=O)O)c(C)c2)cc1C. The summed E-state index contributed by atoms with van der Waals surface area (Å²) >= 11 is 0. The normalized spacial score (nSPS) is 12.5. The fourth-order valence-electron chi connectivity index (χ4n) is 5.26. The van der Waals surface area contributed by atoms with E-state index in [1.807, 2.05) is 32.9 Å². The molecule has 0 unspecified atom stereocenters. The van der Waals surface area contributed by atoms with Crippen LogP contribution in [0.4, 0.5) is 0 Å². The molecule has 2 rings (SSSR count). The van der Waals surface area contributed by atoms with E-state index in [4.69, 9.17) is 0 Å². The van der Waals surface area contributed by atoms with Gasteiger partial charge in [0.05, 0.1) is 5.60 Å². The van der Waals surface area contributed by atoms with Crippen molar-refractivity contribution in [2.45, 2.75) is 110 Å². The zero-order chi connectivity index (χ0) is 28.2. The quantitative estimate of drug-likeness (QED) is 0.329. The molecule has 0 atom stereocenters. The lowest BCUT2D eigenvalue weighted by Gasteiger charge is -2.35. The van der Waals surface area contributed by atoms with Gasteiger partial charge < -0.3 is 15.1 Å². The van der Waals surface area contributed by atoms with Gasteiger partial charge in [0.15, 0.2) is 0 Å². The molecule has 0 aliphatic rings. The smallest absolute Gasteiger partial charge is 0.329 e. The van der Waals surface area contributed by atoms with Crippen LogP contribution >= 0.6 is 0 Å². The largest absolute Gasteiger partial charge is 0.480 e. The average molecular weight is 510 g/mol. The minimum Gasteiger partial charge on any atom is -0.480 e. The summed E-state index contributed by atoms with van der Waals surface area (Å²) in [5.41, 5.74) is 4.17. The van der Waals surface area contributed by atoms with Gasteiger partial charge in [0.2, 0.25) is 0 Å². The molecule has 5 nitrogen and oxygen atoms in total. The summed E-state index contributed by atoms with van der Waals surface area (Å²) in [6.45, 7) is 15.6. The van der Waals surface area contributed by atoms with E-state index in [-0.39, 0.29) is 11.3 Å². The fraction of sp³-hybridized carbons (Fsp3) is 0.562. The third-order valence-corrected chi connectivity index (χ3v) is 8.95. The zero-order valence-corrected chi connectivity index (χ0v) is 24.4. The van der Waals surface area contributed by atoms with Gasteiger partial charge in [0.25, 0.3) is 5.91 Å². The van der Waals surface area contributed by atoms with Gasteiger partial charge in [0.1, 0.15) is 5.54 Å². The number of nitrogens with zero attached hydrogens (tertiary/aromatic N) is 1. The highest BCUT2D eigenvalue weighted by atomic mass is 16.4. The number of benzene rings is 2. The first-order valence-electron chi connectivity index (χ1n) is 13.7. The van der Waals surface area contributed by atoms with Gasteiger partial charge in [-0.2, -0.15) is 0 Å². The van der Waals surface area contributed by atoms with Crippen LogP contribution in [-0.4, -0.2) is 45.2 Å². The summed E-state index contributed by atoms with van der Waals surface area (Å²) < 4.78 is 0. The highest BCUT2D eigenvalue weighted by Gasteiger charge is 2.37. The molecule has 0 heterocycles. The Hall–Kier alpha value is -2.66. The molecule has 5 heteroatoms. The Morgan fingerprint density at radius 3 is 1.78 bits per heavy atom. The molecule has 0 saturated heterocycles. The highest BCUT2D eigenvalue weighted by molar-refractivity contribution is 5.98. The molecule has 204 valence electrons. The molecule has 2 aromatic carbocycles. The van der Waals surface area contributed by atoms with Crippen molar-refractivity contribution in [1.29, 1.82) is 0 Å². The number of carbonyl (C=O) groups is 2. The van der Waals surface area contributed by atoms with Crippen molar-refractivity contribution in [2.24, 2.45) is 0 Å². The predicted octanol–water partition coefficient (Wildman–Crippen LogP) is 6.83. The van der Waals surface area contributed by atoms with Crippen LogP contribution in [0.2, 0.25) is 0 Å². The minimum absolute atomic E-state index is 0.199. The fourth-order valence-corrected chi connectivity index (χ4v) is 5.26. The van der Waals surface area contributed by atoms with Crippen LogP contribution in [0.25, 0.3) is 0 Å². The van der Waals surface area contributed by atoms with Crippen molar-refractivity contribution in [3.63, 3.8) is 0 Å². The highest BCUT2D eigenvalue weighted by Crippen LogP contribution is 2.40. The maximum Gasteiger partial charge on any atom is 0.329 e. The molecule has 37 heavy (non-hydrogen) atoms. The van der Waals surface area contributed by atoms with Crippen LogP contribution in [0.1, 0.15) is 112 Å². The van der Waals surface area contributed by atoms with Crippen molar-refractivity contribution in [3.05, 3.63) is 69.8 Å². The van der Waals surface area contributed by atoms with E-state index in [1.165, 1.54) is 35.4 Å². The van der Waals surface area contributed by atoms with Gasteiger partial charge in [-0.05, 0) is 100 Å². The average Bonchev–Trinajstić information content (AvgIpc) is 2.88. The van der Waals surface area contributed by atoms with Crippen LogP contribution in [-0.2, 0) is 16.6 Å². The van der Waals surface area contributed by atoms with Gasteiger partial charge in [-0.1, -0.05) is 58.0 Å². The molecule has 2 N–H and O–H groups in total. The molecule has 2 aromatic rings. The monoisotopic (exact) mass is 509 g/mol. The Balaban J connectivity index is 2.44. The molecular weight excluding hydrogens is 462 g/mol. The van der Waals surface area contributed by atoms with Gasteiger partial charge in [-0.15, -0.1) is 0 Å². The summed E-state index contributed by atoms with van der Waals surface area (Å²) in [5.74, 6) is -1.34. The number of hydrogen-bond donors (Lipinski definition) is 2. The van der Waals surface area contributed by atoms with Crippen LogP contribution in [0.3, 0.4) is 0 Å². The number of carboxylic acids is 1. The number of aliphatic carboxylic acids is 1. The van der Waals surface area contributed by atoms with E-state index in [1.54, 1.807) is 7.05 Å². The molecular formula is C32H47NO4. The van der Waals surface area contributed by atoms with Crippen LogP contribution < -0.4 is 0 Å². The number of carboxylic acid groups (broad SMARTS) is 1. The van der Waals surface area contributed by atoms with E-state index >= 15 is 0 Å². The van der Waals surface area contributed by atoms with E-state index in [2.05, 4.69) is 45.0 Å². The van der Waals surface area contributed by atoms with E-state index in [0.717, 1.165) is 49.7 Å². The second kappa shape index (κ2) is 11.8. The number of carbonyl (C=O) groups excluding carboxylic acids is 1. The molecule has 0 aliphatic carbocycles. The second-order valence-electron chi connectivity index (χ2n) is 11.1. The molecule has 0 aromatic heterocycles. The van der Waals surface area contributed by atoms with Crippen molar-refractivity contribution >= 4 is 11.9 Å². The topological polar surface area (TPSA) is 77.8 Å². The Labute approximate surface area is 223 Å². The third kappa shape index (κ3) is 6.09. The summed E-state index contributed by atoms with van der Waals surface area (Å²) in [6.07, 6.45) is 4.95. The summed E-state index contributed by atoms with van der Waals surface area (Å²) in [7, 11) is 1.54. The van der Waals surface area contributed by atoms with Crippen molar-refractivity contribution in [1.82, 2.24) is 4.90 Å². The standard InChI is InChI=1S/C32H47NO4/c1-10-31(37,11-2)19-18-24-14-15-25(20-22(24)5)32(12-3,13-4)26-16-17-27(23(6)21-26)28(34)33(9)30(7,8)29(35)36/h14-17,20-21,37H,10-13,18-19H2,1-9H3,(H,35,36). The number of aliphatic hydroxyl groups is 1. The van der Waals surface area contributed by atoms with Crippen molar-refractivity contribution in [2.75, 3.05) is 7.05 Å². The number of likely N-dealkylation sites (N-methyl/N-ethyl adjacent to an activating group) is 1. The first-order chi connectivity index (χ1) is 17.2. The molecule has 0 radical (unpaired) electrons. The molecule has 0 spiro atoms. The first kappa shape index (κ1) is 30.6. The maximum absolute atomic E-state index is 13.2. The number of hydrogen-bond acceptors (Lipinski definition) is 3. The lowest BCUT2D eigenvalue weighted by Crippen LogP contribution is -2.50. The van der Waals surface area contributed by atoms with Gasteiger partial charge in [0, 0.05) is 18.0 Å². The van der Waals surface area contributed by atoms with Crippen LogP contribution in [0.5, 0.6) is 0 Å². The molecule has 1 amide bonds. The van der Waals surface area contributed by atoms with Gasteiger partial charge >= 0.3 is 5.97 Å². The van der Waals surface area contributed by atoms with Gasteiger partial charge in [-0.3, -0.25) is 4.79 Å². The van der Waals surface area contributed by atoms with E-state index in [9.17, 15) is 19.8 Å². The Morgan fingerprint density at radius 2 is 1.35 bits per heavy atom. The van der Waals surface area contributed by atoms with Crippen LogP contribution in [0.15, 0.2) is 36.4 Å². The number of rotatable bonds is 12. The zero-order valence-electron chi connectivity index (χ0n) is 24.4. The first-order valence-corrected chi connectivity index (χ1v) is 13.7. The van der Waals surface area contributed by atoms with Gasteiger partial charge in [-0.25, -0.2) is 4.79 Å². The lowest BCUT2D eigenvalue weighted by atomic mass is 9.69. The second-order valence-corrected chi connectivity index (χ2v) is 11.1. The molecule has 0 aliphatic heterocycles. The number of amides is 1. The summed E-state index contributed by atoms with van der Waals surface area (Å²) in [6, 6.07) is 12.7. The Bertz CT molecular complexity index is 1110. The summed E-state index contributed by atoms with van der Waals surface area (Å²) in [4.78, 5) is 26.2. The lowest BCUT2D eigenvalue weighted by molar-refractivity contribution is -0.147. The number of aryl methyl sites for hydroxylation is 3. The van der Waals surface area contributed by atoms with Crippen molar-refractivity contribution in [3.8, 4) is 0 Å². The third-order valence-electron chi connectivity index (χ3n) is 8.95. The predicted molar refractivity (Wildman–Crippen MR) is 151 cm³/mol. The summed E-state index contributed by atoms with van der Waals surface area (Å²) in [5, 5.41) is 20.3. The van der Waals surface area contributed by atoms with E-state index < -0.39 is 17.1 Å². The Morgan fingerprint density at radius 1 is 0.838 bits per heavy atom. The molecule has 0 bridgehead atoms. The Kier molecular flexibility index (Phi) is 9.75. The van der Waals surface area contributed by atoms with Crippen molar-refractivity contribution < 1.29 is 19.8 Å². The van der Waals surface area contributed by atoms with E-state index in [0.29, 0.717) is 5.56 Å².